The lowest BCUT2D eigenvalue weighted by Crippen LogP contribution is -2.41. The van der Waals surface area contributed by atoms with E-state index in [0.717, 1.165) is 16.7 Å². The number of amides is 1. The lowest BCUT2D eigenvalue weighted by atomic mass is 9.98. The number of fused-ring (bicyclic) bond motifs is 4. The number of halogens is 1. The molecule has 10 nitrogen and oxygen atoms in total. The van der Waals surface area contributed by atoms with Crippen LogP contribution in [0.5, 0.6) is 0 Å². The predicted molar refractivity (Wildman–Crippen MR) is 136 cm³/mol. The Balaban J connectivity index is 1.35. The van der Waals surface area contributed by atoms with Gasteiger partial charge in [0.15, 0.2) is 23.1 Å². The number of carbonyl (C=O) groups is 1. The Hall–Kier alpha value is -5.06. The molecule has 2 aromatic carbocycles. The molecule has 0 radical (unpaired) electrons. The van der Waals surface area contributed by atoms with Crippen molar-refractivity contribution < 1.29 is 13.6 Å². The molecule has 1 aliphatic rings. The van der Waals surface area contributed by atoms with E-state index in [9.17, 15) is 9.18 Å². The average Bonchev–Trinajstić information content (AvgIpc) is 3.69. The number of hydrogen-bond donors (Lipinski definition) is 1. The molecule has 0 bridgehead atoms. The van der Waals surface area contributed by atoms with Crippen LogP contribution < -0.4 is 5.73 Å². The summed E-state index contributed by atoms with van der Waals surface area (Å²) < 4.78 is 22.4. The van der Waals surface area contributed by atoms with Crippen LogP contribution in [0.3, 0.4) is 0 Å². The fourth-order valence-corrected chi connectivity index (χ4v) is 5.04. The summed E-state index contributed by atoms with van der Waals surface area (Å²) in [5.41, 5.74) is 9.74. The highest BCUT2D eigenvalue weighted by Gasteiger charge is 2.32. The lowest BCUT2D eigenvalue weighted by Gasteiger charge is -2.32. The second-order valence-electron chi connectivity index (χ2n) is 9.18. The highest BCUT2D eigenvalue weighted by molar-refractivity contribution is 5.92. The molecule has 0 aliphatic carbocycles. The number of furan rings is 1. The highest BCUT2D eigenvalue weighted by Crippen LogP contribution is 2.30. The molecular formula is C27H21FN8O2. The normalized spacial score (nSPS) is 14.2. The van der Waals surface area contributed by atoms with Crippen molar-refractivity contribution in [1.82, 2.24) is 34.3 Å². The molecule has 2 N–H and O–H groups in total. The molecule has 38 heavy (non-hydrogen) atoms. The van der Waals surface area contributed by atoms with Crippen molar-refractivity contribution in [1.29, 1.82) is 0 Å². The first-order valence-corrected chi connectivity index (χ1v) is 12.1. The summed E-state index contributed by atoms with van der Waals surface area (Å²) in [5, 5.41) is 9.62. The van der Waals surface area contributed by atoms with E-state index in [2.05, 4.69) is 20.2 Å². The molecule has 188 valence electrons. The number of nitrogen functional groups attached to an aromatic ring is 1. The fourth-order valence-electron chi connectivity index (χ4n) is 5.04. The van der Waals surface area contributed by atoms with Crippen molar-refractivity contribution in [2.24, 2.45) is 0 Å². The zero-order chi connectivity index (χ0) is 25.8. The Kier molecular flexibility index (Phi) is 4.96. The average molecular weight is 509 g/mol. The van der Waals surface area contributed by atoms with E-state index >= 15 is 0 Å². The summed E-state index contributed by atoms with van der Waals surface area (Å²) in [7, 11) is 0. The third-order valence-corrected chi connectivity index (χ3v) is 6.88. The van der Waals surface area contributed by atoms with E-state index in [0.29, 0.717) is 47.8 Å². The van der Waals surface area contributed by atoms with E-state index in [1.165, 1.54) is 16.6 Å². The minimum Gasteiger partial charge on any atom is -0.461 e. The van der Waals surface area contributed by atoms with Gasteiger partial charge in [0.1, 0.15) is 5.82 Å². The molecule has 11 heteroatoms. The van der Waals surface area contributed by atoms with Crippen molar-refractivity contribution in [3.05, 3.63) is 95.6 Å². The van der Waals surface area contributed by atoms with E-state index in [-0.39, 0.29) is 17.7 Å². The summed E-state index contributed by atoms with van der Waals surface area (Å²) in [6.07, 6.45) is 3.80. The molecule has 5 heterocycles. The summed E-state index contributed by atoms with van der Waals surface area (Å²) >= 11 is 0. The Morgan fingerprint density at radius 3 is 2.71 bits per heavy atom. The van der Waals surface area contributed by atoms with Gasteiger partial charge >= 0.3 is 0 Å². The molecule has 0 spiro atoms. The first kappa shape index (κ1) is 22.2. The number of anilines is 1. The van der Waals surface area contributed by atoms with Crippen molar-refractivity contribution in [3.63, 3.8) is 0 Å². The highest BCUT2D eigenvalue weighted by atomic mass is 19.1. The minimum atomic E-state index is -0.814. The SMILES string of the molecule is Nc1nc2c(cnn2C(C(=O)N2CCc3ccc(F)cc3C2)c2ccccc2)c2nc(-c3ccco3)nn12. The quantitative estimate of drug-likeness (QED) is 0.386. The molecule has 7 rings (SSSR count). The van der Waals surface area contributed by atoms with Crippen LogP contribution in [0.1, 0.15) is 22.7 Å². The van der Waals surface area contributed by atoms with Gasteiger partial charge in [0.2, 0.25) is 11.8 Å². The second kappa shape index (κ2) is 8.51. The number of nitrogens with zero attached hydrogens (tertiary/aromatic N) is 7. The molecule has 1 amide bonds. The van der Waals surface area contributed by atoms with E-state index in [1.54, 1.807) is 40.2 Å². The molecule has 4 aromatic heterocycles. The summed E-state index contributed by atoms with van der Waals surface area (Å²) in [6, 6.07) is 16.8. The maximum Gasteiger partial charge on any atom is 0.252 e. The van der Waals surface area contributed by atoms with Crippen LogP contribution in [-0.4, -0.2) is 46.7 Å². The van der Waals surface area contributed by atoms with Gasteiger partial charge in [0.05, 0.1) is 17.8 Å². The number of hydrogen-bond acceptors (Lipinski definition) is 7. The van der Waals surface area contributed by atoms with E-state index in [4.69, 9.17) is 10.2 Å². The molecule has 1 unspecified atom stereocenters. The summed E-state index contributed by atoms with van der Waals surface area (Å²) in [4.78, 5) is 25.0. The first-order valence-electron chi connectivity index (χ1n) is 12.1. The Morgan fingerprint density at radius 1 is 1.03 bits per heavy atom. The topological polar surface area (TPSA) is 120 Å². The number of aromatic nitrogens is 6. The molecule has 0 saturated heterocycles. The summed E-state index contributed by atoms with van der Waals surface area (Å²) in [5.74, 6) is 0.461. The van der Waals surface area contributed by atoms with Crippen LogP contribution in [0, 0.1) is 5.82 Å². The minimum absolute atomic E-state index is 0.0983. The molecular weight excluding hydrogens is 487 g/mol. The third kappa shape index (κ3) is 3.51. The lowest BCUT2D eigenvalue weighted by molar-refractivity contribution is -0.134. The van der Waals surface area contributed by atoms with Gasteiger partial charge in [-0.25, -0.2) is 14.1 Å². The zero-order valence-electron chi connectivity index (χ0n) is 20.0. The van der Waals surface area contributed by atoms with Gasteiger partial charge in [-0.1, -0.05) is 36.4 Å². The number of carbonyl (C=O) groups excluding carboxylic acids is 1. The van der Waals surface area contributed by atoms with Gasteiger partial charge in [-0.15, -0.1) is 5.10 Å². The van der Waals surface area contributed by atoms with Gasteiger partial charge in [-0.2, -0.15) is 14.6 Å². The van der Waals surface area contributed by atoms with Crippen molar-refractivity contribution in [3.8, 4) is 11.6 Å². The summed E-state index contributed by atoms with van der Waals surface area (Å²) in [6.45, 7) is 0.821. The Bertz CT molecular complexity index is 1810. The maximum absolute atomic E-state index is 14.1. The number of rotatable bonds is 4. The monoisotopic (exact) mass is 508 g/mol. The van der Waals surface area contributed by atoms with E-state index in [1.807, 2.05) is 30.3 Å². The van der Waals surface area contributed by atoms with Crippen LogP contribution in [0.2, 0.25) is 0 Å². The number of benzene rings is 2. The Morgan fingerprint density at radius 2 is 1.89 bits per heavy atom. The molecule has 6 aromatic rings. The molecule has 0 saturated carbocycles. The van der Waals surface area contributed by atoms with Crippen LogP contribution >= 0.6 is 0 Å². The van der Waals surface area contributed by atoms with Crippen LogP contribution in [0.15, 0.2) is 77.5 Å². The van der Waals surface area contributed by atoms with Gasteiger partial charge in [0, 0.05) is 13.1 Å². The van der Waals surface area contributed by atoms with Crippen molar-refractivity contribution in [2.45, 2.75) is 19.0 Å². The van der Waals surface area contributed by atoms with Crippen molar-refractivity contribution >= 4 is 28.5 Å². The molecule has 1 aliphatic heterocycles. The number of nitrogens with two attached hydrogens (primary N) is 1. The van der Waals surface area contributed by atoms with Crippen LogP contribution in [0.25, 0.3) is 28.3 Å². The zero-order valence-corrected chi connectivity index (χ0v) is 20.0. The van der Waals surface area contributed by atoms with E-state index < -0.39 is 6.04 Å². The fraction of sp³-hybridized carbons (Fsp3) is 0.148. The molecule has 0 fully saturated rings. The third-order valence-electron chi connectivity index (χ3n) is 6.88. The standard InChI is InChI=1S/C27H21FN8O2/c28-19-9-8-16-10-11-34(15-18(16)13-19)26(37)22(17-5-2-1-3-6-17)35-25-20(14-30-35)24-31-23(21-7-4-12-38-21)33-36(24)27(29)32-25/h1-9,12-14,22H,10-11,15H2,(H2,29,32). The predicted octanol–water partition coefficient (Wildman–Crippen LogP) is 3.63. The second-order valence-corrected chi connectivity index (χ2v) is 9.18. The molecule has 1 atom stereocenters. The first-order chi connectivity index (χ1) is 18.6. The maximum atomic E-state index is 14.1. The van der Waals surface area contributed by atoms with Crippen LogP contribution in [0.4, 0.5) is 10.3 Å². The Labute approximate surface area is 215 Å². The van der Waals surface area contributed by atoms with Gasteiger partial charge in [-0.05, 0) is 47.4 Å². The van der Waals surface area contributed by atoms with Crippen molar-refractivity contribution in [2.75, 3.05) is 12.3 Å². The largest absolute Gasteiger partial charge is 0.461 e. The smallest absolute Gasteiger partial charge is 0.252 e. The van der Waals surface area contributed by atoms with Gasteiger partial charge < -0.3 is 15.1 Å². The van der Waals surface area contributed by atoms with Crippen LogP contribution in [-0.2, 0) is 17.8 Å². The van der Waals surface area contributed by atoms with Gasteiger partial charge in [-0.3, -0.25) is 4.79 Å². The van der Waals surface area contributed by atoms with Gasteiger partial charge in [0.25, 0.3) is 5.91 Å².